The van der Waals surface area contributed by atoms with Crippen LogP contribution in [0.4, 0.5) is 9.18 Å². The Bertz CT molecular complexity index is 816. The van der Waals surface area contributed by atoms with Gasteiger partial charge in [0.1, 0.15) is 11.4 Å². The first-order valence-corrected chi connectivity index (χ1v) is 7.09. The van der Waals surface area contributed by atoms with Crippen molar-refractivity contribution in [1.82, 2.24) is 5.32 Å². The van der Waals surface area contributed by atoms with E-state index in [0.29, 0.717) is 29.4 Å². The fourth-order valence-electron chi connectivity index (χ4n) is 2.91. The van der Waals surface area contributed by atoms with Gasteiger partial charge in [-0.25, -0.2) is 9.18 Å². The van der Waals surface area contributed by atoms with Crippen molar-refractivity contribution in [2.45, 2.75) is 12.0 Å². The molecule has 0 heterocycles. The van der Waals surface area contributed by atoms with Crippen LogP contribution >= 0.6 is 0 Å². The van der Waals surface area contributed by atoms with Crippen molar-refractivity contribution in [2.75, 3.05) is 0 Å². The monoisotopic (exact) mass is 311 g/mol. The van der Waals surface area contributed by atoms with Crippen LogP contribution < -0.4 is 5.32 Å². The molecule has 23 heavy (non-hydrogen) atoms. The molecular weight excluding hydrogens is 297 g/mol. The van der Waals surface area contributed by atoms with Crippen LogP contribution in [0.2, 0.25) is 0 Å². The first-order valence-electron chi connectivity index (χ1n) is 7.09. The molecule has 116 valence electrons. The van der Waals surface area contributed by atoms with Gasteiger partial charge < -0.3 is 10.4 Å². The van der Waals surface area contributed by atoms with Crippen LogP contribution in [0.1, 0.15) is 11.1 Å². The van der Waals surface area contributed by atoms with Crippen LogP contribution in [0.3, 0.4) is 0 Å². The van der Waals surface area contributed by atoms with E-state index < -0.39 is 11.6 Å². The summed E-state index contributed by atoms with van der Waals surface area (Å²) in [6, 6.07) is 11.6. The number of carbonyl (C=O) groups excluding carboxylic acids is 1. The molecule has 3 rings (SSSR count). The third-order valence-corrected chi connectivity index (χ3v) is 3.95. The largest absolute Gasteiger partial charge is 0.465 e. The Balaban J connectivity index is 2.10. The number of aldehydes is 1. The number of fused-ring (bicyclic) bond motifs is 1. The number of hydrogen-bond donors (Lipinski definition) is 2. The SMILES string of the molecule is O=C[C@]1(NC(=O)O)C=CCc2cc(-c3ccccc3F)ccc21. The van der Waals surface area contributed by atoms with Crippen molar-refractivity contribution in [3.05, 3.63) is 71.6 Å². The highest BCUT2D eigenvalue weighted by molar-refractivity contribution is 5.81. The molecule has 0 unspecified atom stereocenters. The number of benzene rings is 2. The van der Waals surface area contributed by atoms with Crippen LogP contribution in [-0.4, -0.2) is 17.5 Å². The summed E-state index contributed by atoms with van der Waals surface area (Å²) in [6.45, 7) is 0. The standard InChI is InChI=1S/C18H14FNO3/c19-16-6-2-1-5-14(16)12-7-8-15-13(10-12)4-3-9-18(15,11-21)20-17(22)23/h1-3,5-11,20H,4H2,(H,22,23)/t18-/m1/s1. The Morgan fingerprint density at radius 3 is 2.74 bits per heavy atom. The molecule has 1 aliphatic rings. The number of rotatable bonds is 3. The van der Waals surface area contributed by atoms with Crippen molar-refractivity contribution in [1.29, 1.82) is 0 Å². The first-order chi connectivity index (χ1) is 11.1. The Hall–Kier alpha value is -2.95. The average Bonchev–Trinajstić information content (AvgIpc) is 2.54. The molecule has 2 N–H and O–H groups in total. The summed E-state index contributed by atoms with van der Waals surface area (Å²) in [6.07, 6.45) is 3.11. The van der Waals surface area contributed by atoms with Crippen LogP contribution in [0.25, 0.3) is 11.1 Å². The van der Waals surface area contributed by atoms with Gasteiger partial charge in [-0.3, -0.25) is 4.79 Å². The molecule has 2 aromatic carbocycles. The van der Waals surface area contributed by atoms with Crippen LogP contribution in [-0.2, 0) is 16.8 Å². The van der Waals surface area contributed by atoms with E-state index in [1.807, 2.05) is 0 Å². The normalized spacial score (nSPS) is 19.0. The minimum atomic E-state index is -1.40. The summed E-state index contributed by atoms with van der Waals surface area (Å²) in [4.78, 5) is 22.6. The summed E-state index contributed by atoms with van der Waals surface area (Å²) in [5.41, 5.74) is 1.11. The van der Waals surface area contributed by atoms with Crippen LogP contribution in [0.15, 0.2) is 54.6 Å². The zero-order chi connectivity index (χ0) is 16.4. The van der Waals surface area contributed by atoms with E-state index in [2.05, 4.69) is 5.32 Å². The molecular formula is C18H14FNO3. The fourth-order valence-corrected chi connectivity index (χ4v) is 2.91. The maximum atomic E-state index is 13.9. The molecule has 0 saturated heterocycles. The second-order valence-corrected chi connectivity index (χ2v) is 5.38. The van der Waals surface area contributed by atoms with Gasteiger partial charge in [0.25, 0.3) is 0 Å². The average molecular weight is 311 g/mol. The molecule has 1 atom stereocenters. The second-order valence-electron chi connectivity index (χ2n) is 5.38. The highest BCUT2D eigenvalue weighted by atomic mass is 19.1. The van der Waals surface area contributed by atoms with Crippen LogP contribution in [0.5, 0.6) is 0 Å². The van der Waals surface area contributed by atoms with Gasteiger partial charge in [-0.15, -0.1) is 0 Å². The van der Waals surface area contributed by atoms with Gasteiger partial charge in [0.05, 0.1) is 0 Å². The van der Waals surface area contributed by atoms with E-state index in [9.17, 15) is 14.0 Å². The van der Waals surface area contributed by atoms with E-state index in [0.717, 1.165) is 5.56 Å². The topological polar surface area (TPSA) is 66.4 Å². The van der Waals surface area contributed by atoms with Gasteiger partial charge in [0.2, 0.25) is 0 Å². The number of carboxylic acid groups (broad SMARTS) is 1. The highest BCUT2D eigenvalue weighted by Gasteiger charge is 2.35. The predicted octanol–water partition coefficient (Wildman–Crippen LogP) is 3.27. The van der Waals surface area contributed by atoms with Gasteiger partial charge in [-0.05, 0) is 29.2 Å². The zero-order valence-corrected chi connectivity index (χ0v) is 12.1. The maximum Gasteiger partial charge on any atom is 0.405 e. The van der Waals surface area contributed by atoms with E-state index in [1.54, 1.807) is 48.6 Å². The lowest BCUT2D eigenvalue weighted by Crippen LogP contribution is -2.46. The molecule has 0 spiro atoms. The number of hydrogen-bond acceptors (Lipinski definition) is 2. The minimum Gasteiger partial charge on any atom is -0.465 e. The highest BCUT2D eigenvalue weighted by Crippen LogP contribution is 2.33. The molecule has 0 saturated carbocycles. The maximum absolute atomic E-state index is 13.9. The Labute approximate surface area is 132 Å². The van der Waals surface area contributed by atoms with E-state index in [4.69, 9.17) is 5.11 Å². The number of nitrogens with one attached hydrogen (secondary N) is 1. The number of amides is 1. The second kappa shape index (κ2) is 5.68. The van der Waals surface area contributed by atoms with Crippen molar-refractivity contribution in [2.24, 2.45) is 0 Å². The lowest BCUT2D eigenvalue weighted by atomic mass is 9.81. The molecule has 1 amide bonds. The summed E-state index contributed by atoms with van der Waals surface area (Å²) >= 11 is 0. The van der Waals surface area contributed by atoms with Crippen molar-refractivity contribution < 1.29 is 19.1 Å². The predicted molar refractivity (Wildman–Crippen MR) is 83.6 cm³/mol. The van der Waals surface area contributed by atoms with Crippen molar-refractivity contribution in [3.63, 3.8) is 0 Å². The van der Waals surface area contributed by atoms with Gasteiger partial charge in [0, 0.05) is 5.56 Å². The Morgan fingerprint density at radius 2 is 2.04 bits per heavy atom. The molecule has 5 heteroatoms. The van der Waals surface area contributed by atoms with Gasteiger partial charge >= 0.3 is 6.09 Å². The molecule has 2 aromatic rings. The lowest BCUT2D eigenvalue weighted by molar-refractivity contribution is -0.112. The number of carbonyl (C=O) groups is 2. The molecule has 0 aliphatic heterocycles. The zero-order valence-electron chi connectivity index (χ0n) is 12.1. The fraction of sp³-hybridized carbons (Fsp3) is 0.111. The van der Waals surface area contributed by atoms with Gasteiger partial charge in [-0.1, -0.05) is 48.6 Å². The summed E-state index contributed by atoms with van der Waals surface area (Å²) < 4.78 is 13.9. The Morgan fingerprint density at radius 1 is 1.26 bits per heavy atom. The van der Waals surface area contributed by atoms with E-state index >= 15 is 0 Å². The smallest absolute Gasteiger partial charge is 0.405 e. The van der Waals surface area contributed by atoms with Gasteiger partial charge in [-0.2, -0.15) is 0 Å². The quantitative estimate of drug-likeness (QED) is 0.675. The molecule has 0 radical (unpaired) electrons. The lowest BCUT2D eigenvalue weighted by Gasteiger charge is -2.30. The molecule has 4 nitrogen and oxygen atoms in total. The molecule has 0 fully saturated rings. The number of allylic oxidation sites excluding steroid dienone is 1. The van der Waals surface area contributed by atoms with Gasteiger partial charge in [0.15, 0.2) is 6.29 Å². The summed E-state index contributed by atoms with van der Waals surface area (Å²) in [5, 5.41) is 11.3. The third kappa shape index (κ3) is 2.61. The third-order valence-electron chi connectivity index (χ3n) is 3.95. The van der Waals surface area contributed by atoms with Crippen molar-refractivity contribution in [3.8, 4) is 11.1 Å². The van der Waals surface area contributed by atoms with E-state index in [-0.39, 0.29) is 5.82 Å². The number of halogens is 1. The van der Waals surface area contributed by atoms with Crippen molar-refractivity contribution >= 4 is 12.4 Å². The van der Waals surface area contributed by atoms with Crippen LogP contribution in [0, 0.1) is 5.82 Å². The Kier molecular flexibility index (Phi) is 3.70. The first kappa shape index (κ1) is 15.0. The minimum absolute atomic E-state index is 0.330. The van der Waals surface area contributed by atoms with E-state index in [1.165, 1.54) is 6.07 Å². The summed E-state index contributed by atoms with van der Waals surface area (Å²) in [5.74, 6) is -0.330. The molecule has 0 aromatic heterocycles. The molecule has 0 bridgehead atoms. The molecule has 1 aliphatic carbocycles. The summed E-state index contributed by atoms with van der Waals surface area (Å²) in [7, 11) is 0.